The van der Waals surface area contributed by atoms with Gasteiger partial charge in [0.2, 0.25) is 0 Å². The van der Waals surface area contributed by atoms with Gasteiger partial charge >= 0.3 is 0 Å². The lowest BCUT2D eigenvalue weighted by Gasteiger charge is -2.72. The second kappa shape index (κ2) is 7.81. The van der Waals surface area contributed by atoms with Crippen molar-refractivity contribution in [1.82, 2.24) is 0 Å². The van der Waals surface area contributed by atoms with Crippen molar-refractivity contribution in [2.45, 2.75) is 120 Å². The minimum absolute atomic E-state index is 0.331. The van der Waals surface area contributed by atoms with Gasteiger partial charge in [-0.05, 0) is 115 Å². The van der Waals surface area contributed by atoms with Gasteiger partial charge in [0.1, 0.15) is 0 Å². The molecule has 0 heterocycles. The fourth-order valence-electron chi connectivity index (χ4n) is 11.4. The fourth-order valence-corrected chi connectivity index (χ4v) is 11.7. The maximum absolute atomic E-state index is 5.86. The lowest BCUT2D eigenvalue weighted by atomic mass is 9.32. The van der Waals surface area contributed by atoms with Crippen LogP contribution in [0.1, 0.15) is 120 Å². The minimum Gasteiger partial charge on any atom is -0.365 e. The summed E-state index contributed by atoms with van der Waals surface area (Å²) in [6.07, 6.45) is 14.1. The van der Waals surface area contributed by atoms with Crippen LogP contribution in [0.3, 0.4) is 0 Å². The molecule has 1 nitrogen and oxygen atoms in total. The Hall–Kier alpha value is 0.130. The Labute approximate surface area is 207 Å². The van der Waals surface area contributed by atoms with Crippen molar-refractivity contribution in [1.29, 1.82) is 0 Å². The second-order valence-electron chi connectivity index (χ2n) is 15.1. The Bertz CT molecular complexity index is 827. The highest BCUT2D eigenvalue weighted by Gasteiger charge is 2.69. The molecule has 5 aliphatic rings. The van der Waals surface area contributed by atoms with Crippen molar-refractivity contribution in [3.63, 3.8) is 0 Å². The van der Waals surface area contributed by atoms with Gasteiger partial charge in [0.05, 0.1) is 6.61 Å². The maximum Gasteiger partial charge on any atom is 0.0595 e. The quantitative estimate of drug-likeness (QED) is 0.294. The summed E-state index contributed by atoms with van der Waals surface area (Å²) in [5.74, 6) is 4.13. The number of rotatable bonds is 3. The summed E-state index contributed by atoms with van der Waals surface area (Å²) in [4.78, 5) is 0. The molecule has 4 fully saturated rings. The monoisotopic (exact) mass is 472 g/mol. The molecule has 33 heavy (non-hydrogen) atoms. The number of fused-ring (bicyclic) bond motifs is 7. The summed E-state index contributed by atoms with van der Waals surface area (Å²) in [7, 11) is 2.58. The van der Waals surface area contributed by atoms with Gasteiger partial charge < -0.3 is 4.52 Å². The molecule has 2 heteroatoms. The molecular formula is C31H53OP. The molecule has 0 aromatic heterocycles. The van der Waals surface area contributed by atoms with Crippen LogP contribution in [0.25, 0.3) is 0 Å². The minimum atomic E-state index is 0.331. The molecule has 0 bridgehead atoms. The normalized spacial score (nSPS) is 51.1. The molecule has 9 atom stereocenters. The van der Waals surface area contributed by atoms with E-state index in [4.69, 9.17) is 4.52 Å². The molecule has 0 amide bonds. The molecule has 1 unspecified atom stereocenters. The van der Waals surface area contributed by atoms with Crippen LogP contribution in [0.2, 0.25) is 0 Å². The van der Waals surface area contributed by atoms with Crippen molar-refractivity contribution in [2.24, 2.45) is 56.7 Å². The molecule has 0 aromatic carbocycles. The van der Waals surface area contributed by atoms with E-state index in [0.717, 1.165) is 30.3 Å². The van der Waals surface area contributed by atoms with E-state index in [-0.39, 0.29) is 0 Å². The Balaban J connectivity index is 1.57. The topological polar surface area (TPSA) is 9.23 Å². The van der Waals surface area contributed by atoms with Crippen LogP contribution in [-0.4, -0.2) is 6.61 Å². The van der Waals surface area contributed by atoms with Crippen LogP contribution in [0.15, 0.2) is 11.1 Å². The highest BCUT2D eigenvalue weighted by Crippen LogP contribution is 2.77. The number of hydrogen-bond acceptors (Lipinski definition) is 1. The average Bonchev–Trinajstić information content (AvgIpc) is 3.12. The van der Waals surface area contributed by atoms with Crippen LogP contribution in [0.5, 0.6) is 0 Å². The summed E-state index contributed by atoms with van der Waals surface area (Å²) in [6, 6.07) is 0. The lowest BCUT2D eigenvalue weighted by molar-refractivity contribution is -0.220. The lowest BCUT2D eigenvalue weighted by Crippen LogP contribution is -2.65. The molecule has 0 N–H and O–H groups in total. The fraction of sp³-hybridized carbons (Fsp3) is 0.935. The Morgan fingerprint density at radius 3 is 2.24 bits per heavy atom. The highest BCUT2D eigenvalue weighted by atomic mass is 31.0. The number of hydrogen-bond donors (Lipinski definition) is 0. The van der Waals surface area contributed by atoms with E-state index in [1.165, 1.54) is 64.2 Å². The Morgan fingerprint density at radius 1 is 0.848 bits per heavy atom. The van der Waals surface area contributed by atoms with Gasteiger partial charge in [-0.15, -0.1) is 0 Å². The van der Waals surface area contributed by atoms with Crippen LogP contribution >= 0.6 is 9.47 Å². The molecule has 4 saturated carbocycles. The van der Waals surface area contributed by atoms with Gasteiger partial charge in [-0.2, -0.15) is 0 Å². The van der Waals surface area contributed by atoms with E-state index < -0.39 is 0 Å². The van der Waals surface area contributed by atoms with Gasteiger partial charge in [0.15, 0.2) is 0 Å². The summed E-state index contributed by atoms with van der Waals surface area (Å²) in [5.41, 5.74) is 5.99. The molecule has 5 aliphatic carbocycles. The van der Waals surface area contributed by atoms with Crippen LogP contribution in [-0.2, 0) is 4.52 Å². The predicted octanol–water partition coefficient (Wildman–Crippen LogP) is 9.23. The Kier molecular flexibility index (Phi) is 5.87. The first-order valence-corrected chi connectivity index (χ1v) is 14.9. The second-order valence-corrected chi connectivity index (χ2v) is 15.4. The summed E-state index contributed by atoms with van der Waals surface area (Å²) >= 11 is 0. The smallest absolute Gasteiger partial charge is 0.0595 e. The maximum atomic E-state index is 5.86. The van der Waals surface area contributed by atoms with Crippen molar-refractivity contribution >= 4 is 9.47 Å². The van der Waals surface area contributed by atoms with Crippen LogP contribution in [0, 0.1) is 56.7 Å². The zero-order valence-electron chi connectivity index (χ0n) is 23.2. The van der Waals surface area contributed by atoms with E-state index in [2.05, 4.69) is 64.9 Å². The van der Waals surface area contributed by atoms with E-state index >= 15 is 0 Å². The molecule has 0 spiro atoms. The molecule has 0 saturated heterocycles. The highest BCUT2D eigenvalue weighted by molar-refractivity contribution is 7.09. The van der Waals surface area contributed by atoms with Gasteiger partial charge in [-0.1, -0.05) is 66.5 Å². The zero-order chi connectivity index (χ0) is 24.0. The summed E-state index contributed by atoms with van der Waals surface area (Å²) < 4.78 is 5.86. The van der Waals surface area contributed by atoms with Crippen molar-refractivity contribution < 1.29 is 4.52 Å². The van der Waals surface area contributed by atoms with Crippen molar-refractivity contribution in [2.75, 3.05) is 6.61 Å². The van der Waals surface area contributed by atoms with Gasteiger partial charge in [0, 0.05) is 14.9 Å². The molecule has 188 valence electrons. The van der Waals surface area contributed by atoms with Gasteiger partial charge in [0.25, 0.3) is 0 Å². The third kappa shape index (κ3) is 3.09. The van der Waals surface area contributed by atoms with Crippen molar-refractivity contribution in [3.8, 4) is 0 Å². The van der Waals surface area contributed by atoms with Gasteiger partial charge in [-0.3, -0.25) is 0 Å². The average molecular weight is 473 g/mol. The third-order valence-corrected chi connectivity index (χ3v) is 13.9. The molecule has 0 radical (unpaired) electrons. The molecule has 0 aromatic rings. The van der Waals surface area contributed by atoms with Crippen LogP contribution in [0.4, 0.5) is 0 Å². The van der Waals surface area contributed by atoms with E-state index in [0.29, 0.717) is 33.0 Å². The largest absolute Gasteiger partial charge is 0.365 e. The first-order valence-electron chi connectivity index (χ1n) is 14.4. The SMILES string of the molecule is CC(C)C1=C2[C@H]3CC[C@@H]4[C@@]5(C)CC[C@H](C)C(C)(C)[C@@H]5CC[C@@]4(C)[C@]3(C)CC[C@@]2(COP)CC1. The van der Waals surface area contributed by atoms with Crippen LogP contribution < -0.4 is 0 Å². The first kappa shape index (κ1) is 24.8. The first-order chi connectivity index (χ1) is 15.4. The molecule has 5 rings (SSSR count). The summed E-state index contributed by atoms with van der Waals surface area (Å²) in [6.45, 7) is 21.9. The van der Waals surface area contributed by atoms with E-state index in [9.17, 15) is 0 Å². The van der Waals surface area contributed by atoms with E-state index in [1.54, 1.807) is 0 Å². The van der Waals surface area contributed by atoms with E-state index in [1.807, 2.05) is 11.1 Å². The van der Waals surface area contributed by atoms with Gasteiger partial charge in [-0.25, -0.2) is 0 Å². The van der Waals surface area contributed by atoms with Crippen molar-refractivity contribution in [3.05, 3.63) is 11.1 Å². The summed E-state index contributed by atoms with van der Waals surface area (Å²) in [5, 5.41) is 0. The molecule has 0 aliphatic heterocycles. The Morgan fingerprint density at radius 2 is 1.58 bits per heavy atom. The third-order valence-electron chi connectivity index (χ3n) is 13.7. The zero-order valence-corrected chi connectivity index (χ0v) is 24.3. The predicted molar refractivity (Wildman–Crippen MR) is 144 cm³/mol. The molecular weight excluding hydrogens is 419 g/mol. The number of allylic oxidation sites excluding steroid dienone is 1. The standard InChI is InChI=1S/C31H53OP/c1-20(2)22-12-16-31(19-32-33)18-17-29(7)23(26(22)31)9-10-25-28(6)14-11-21(3)27(4,5)24(28)13-15-30(25,29)8/h20-21,23-25H,9-19,33H2,1-8H3/t21-,23+,24-,25+,28-,29+,30+,31+/m0/s1.